The molecule has 2 rings (SSSR count). The predicted molar refractivity (Wildman–Crippen MR) is 66.4 cm³/mol. The van der Waals surface area contributed by atoms with E-state index >= 15 is 0 Å². The quantitative estimate of drug-likeness (QED) is 0.618. The van der Waals surface area contributed by atoms with E-state index in [0.29, 0.717) is 5.39 Å². The van der Waals surface area contributed by atoms with Crippen molar-refractivity contribution in [2.75, 3.05) is 0 Å². The second kappa shape index (κ2) is 5.72. The highest BCUT2D eigenvalue weighted by Gasteiger charge is 2.13. The molecule has 94 valence electrons. The molecule has 0 aliphatic carbocycles. The Balaban J connectivity index is 0.000000357. The van der Waals surface area contributed by atoms with Gasteiger partial charge in [-0.3, -0.25) is 15.1 Å². The number of hydrogen-bond acceptors (Lipinski definition) is 5. The van der Waals surface area contributed by atoms with Gasteiger partial charge in [-0.25, -0.2) is 0 Å². The summed E-state index contributed by atoms with van der Waals surface area (Å²) in [6.45, 7) is 3.06. The Bertz CT molecular complexity index is 592. The van der Waals surface area contributed by atoms with E-state index in [1.165, 1.54) is 32.2 Å². The highest BCUT2D eigenvalue weighted by atomic mass is 16.6. The second-order valence-electron chi connectivity index (χ2n) is 3.67. The largest absolute Gasteiger partial charge is 0.506 e. The number of nitro groups is 1. The number of pyridine rings is 1. The van der Waals surface area contributed by atoms with Gasteiger partial charge in [0.05, 0.1) is 10.3 Å². The number of Topliss-reactive ketones (excluding diaryl/α,β-unsaturated/α-hetero) is 1. The van der Waals surface area contributed by atoms with Gasteiger partial charge in [0.2, 0.25) is 0 Å². The summed E-state index contributed by atoms with van der Waals surface area (Å²) >= 11 is 0. The van der Waals surface area contributed by atoms with Crippen molar-refractivity contribution in [1.29, 1.82) is 0 Å². The molecule has 0 aliphatic rings. The summed E-state index contributed by atoms with van der Waals surface area (Å²) in [4.78, 5) is 23.4. The third-order valence-corrected chi connectivity index (χ3v) is 1.92. The van der Waals surface area contributed by atoms with Crippen LogP contribution in [-0.2, 0) is 4.79 Å². The van der Waals surface area contributed by atoms with Crippen molar-refractivity contribution < 1.29 is 14.8 Å². The number of nitro benzene ring substituents is 1. The molecule has 0 amide bonds. The Morgan fingerprint density at radius 3 is 2.50 bits per heavy atom. The van der Waals surface area contributed by atoms with E-state index in [2.05, 4.69) is 4.98 Å². The maximum Gasteiger partial charge on any atom is 0.279 e. The van der Waals surface area contributed by atoms with Gasteiger partial charge in [-0.2, -0.15) is 0 Å². The molecule has 0 spiro atoms. The first-order valence-electron chi connectivity index (χ1n) is 5.11. The number of aromatic hydroxyl groups is 1. The topological polar surface area (TPSA) is 93.3 Å². The van der Waals surface area contributed by atoms with Gasteiger partial charge in [0, 0.05) is 12.3 Å². The lowest BCUT2D eigenvalue weighted by Gasteiger charge is -1.99. The molecule has 0 saturated heterocycles. The Hall–Kier alpha value is -2.50. The molecule has 1 aromatic heterocycles. The van der Waals surface area contributed by atoms with Crippen LogP contribution >= 0.6 is 0 Å². The Labute approximate surface area is 103 Å². The number of non-ortho nitro benzene ring substituents is 1. The van der Waals surface area contributed by atoms with Crippen LogP contribution in [0.2, 0.25) is 0 Å². The number of fused-ring (bicyclic) bond motifs is 1. The first-order chi connectivity index (χ1) is 8.43. The normalized spacial score (nSPS) is 9.44. The third kappa shape index (κ3) is 3.24. The van der Waals surface area contributed by atoms with Crippen LogP contribution < -0.4 is 0 Å². The molecule has 0 fully saturated rings. The van der Waals surface area contributed by atoms with Gasteiger partial charge in [-0.15, -0.1) is 0 Å². The number of ketones is 1. The van der Waals surface area contributed by atoms with Crippen molar-refractivity contribution in [3.63, 3.8) is 0 Å². The molecule has 0 saturated carbocycles. The molecule has 0 radical (unpaired) electrons. The fourth-order valence-corrected chi connectivity index (χ4v) is 1.30. The summed E-state index contributed by atoms with van der Waals surface area (Å²) in [5.41, 5.74) is 0.201. The van der Waals surface area contributed by atoms with E-state index < -0.39 is 4.92 Å². The van der Waals surface area contributed by atoms with Crippen molar-refractivity contribution in [2.24, 2.45) is 0 Å². The number of rotatable bonds is 1. The zero-order valence-corrected chi connectivity index (χ0v) is 9.95. The number of phenols is 1. The van der Waals surface area contributed by atoms with E-state index in [4.69, 9.17) is 0 Å². The first-order valence-corrected chi connectivity index (χ1v) is 5.11. The maximum absolute atomic E-state index is 10.6. The van der Waals surface area contributed by atoms with Crippen LogP contribution in [0.5, 0.6) is 5.75 Å². The van der Waals surface area contributed by atoms with Gasteiger partial charge in [0.15, 0.2) is 0 Å². The lowest BCUT2D eigenvalue weighted by Crippen LogP contribution is -1.90. The van der Waals surface area contributed by atoms with Crippen molar-refractivity contribution in [3.8, 4) is 5.75 Å². The summed E-state index contributed by atoms with van der Waals surface area (Å²) in [7, 11) is 0. The summed E-state index contributed by atoms with van der Waals surface area (Å²) < 4.78 is 0. The van der Waals surface area contributed by atoms with Crippen molar-refractivity contribution in [3.05, 3.63) is 40.6 Å². The summed E-state index contributed by atoms with van der Waals surface area (Å²) in [6.07, 6.45) is 1.48. The van der Waals surface area contributed by atoms with Crippen LogP contribution in [0.15, 0.2) is 30.5 Å². The van der Waals surface area contributed by atoms with E-state index in [-0.39, 0.29) is 22.7 Å². The van der Waals surface area contributed by atoms with Crippen LogP contribution in [0.1, 0.15) is 13.8 Å². The van der Waals surface area contributed by atoms with Crippen LogP contribution in [0, 0.1) is 10.1 Å². The summed E-state index contributed by atoms with van der Waals surface area (Å²) in [6, 6.07) is 5.68. The van der Waals surface area contributed by atoms with Gasteiger partial charge < -0.3 is 9.90 Å². The molecule has 1 N–H and O–H groups in total. The van der Waals surface area contributed by atoms with Gasteiger partial charge in [-0.05, 0) is 32.0 Å². The van der Waals surface area contributed by atoms with Crippen molar-refractivity contribution >= 4 is 22.4 Å². The molecule has 1 heterocycles. The third-order valence-electron chi connectivity index (χ3n) is 1.92. The average molecular weight is 248 g/mol. The van der Waals surface area contributed by atoms with E-state index in [0.717, 1.165) is 0 Å². The molecule has 0 aliphatic heterocycles. The van der Waals surface area contributed by atoms with Gasteiger partial charge >= 0.3 is 0 Å². The lowest BCUT2D eigenvalue weighted by atomic mass is 10.2. The second-order valence-corrected chi connectivity index (χ2v) is 3.67. The smallest absolute Gasteiger partial charge is 0.279 e. The molecule has 0 atom stereocenters. The Kier molecular flexibility index (Phi) is 4.31. The fourth-order valence-electron chi connectivity index (χ4n) is 1.30. The van der Waals surface area contributed by atoms with E-state index in [1.54, 1.807) is 12.1 Å². The zero-order valence-electron chi connectivity index (χ0n) is 9.95. The lowest BCUT2D eigenvalue weighted by molar-refractivity contribution is -0.383. The zero-order chi connectivity index (χ0) is 13.7. The molecule has 6 heteroatoms. The molecule has 2 aromatic rings. The molecule has 1 aromatic carbocycles. The number of nitrogens with zero attached hydrogens (tertiary/aromatic N) is 2. The van der Waals surface area contributed by atoms with Crippen molar-refractivity contribution in [1.82, 2.24) is 4.98 Å². The minimum absolute atomic E-state index is 0.0498. The Morgan fingerprint density at radius 1 is 1.33 bits per heavy atom. The minimum Gasteiger partial charge on any atom is -0.506 e. The number of aromatic nitrogens is 1. The van der Waals surface area contributed by atoms with E-state index in [9.17, 15) is 20.0 Å². The monoisotopic (exact) mass is 248 g/mol. The maximum atomic E-state index is 10.6. The number of phenolic OH excluding ortho intramolecular Hbond substituents is 1. The number of carbonyl (C=O) groups excluding carboxylic acids is 1. The van der Waals surface area contributed by atoms with Crippen LogP contribution in [0.4, 0.5) is 5.69 Å². The minimum atomic E-state index is -0.497. The molecule has 0 unspecified atom stereocenters. The molecular formula is C12H12N2O4. The van der Waals surface area contributed by atoms with Gasteiger partial charge in [0.25, 0.3) is 5.69 Å². The predicted octanol–water partition coefficient (Wildman–Crippen LogP) is 2.44. The molecule has 6 nitrogen and oxygen atoms in total. The van der Waals surface area contributed by atoms with Crippen LogP contribution in [0.25, 0.3) is 10.9 Å². The molecule has 0 bridgehead atoms. The number of hydrogen-bond donors (Lipinski definition) is 1. The molecule has 18 heavy (non-hydrogen) atoms. The SMILES string of the molecule is CC(C)=O.O=[N+]([O-])c1ccc(O)c2ncccc12. The first kappa shape index (κ1) is 13.6. The molecular weight excluding hydrogens is 236 g/mol. The average Bonchev–Trinajstić information content (AvgIpc) is 2.28. The highest BCUT2D eigenvalue weighted by molar-refractivity contribution is 5.91. The summed E-state index contributed by atoms with van der Waals surface area (Å²) in [5, 5.41) is 20.4. The van der Waals surface area contributed by atoms with E-state index in [1.807, 2.05) is 0 Å². The van der Waals surface area contributed by atoms with Crippen LogP contribution in [-0.4, -0.2) is 20.8 Å². The standard InChI is InChI=1S/C9H6N2O3.C3H6O/c12-8-4-3-7(11(13)14)6-2-1-5-10-9(6)8;1-3(2)4/h1-5,12H;1-2H3. The van der Waals surface area contributed by atoms with Gasteiger partial charge in [0.1, 0.15) is 17.0 Å². The van der Waals surface area contributed by atoms with Crippen molar-refractivity contribution in [2.45, 2.75) is 13.8 Å². The summed E-state index contributed by atoms with van der Waals surface area (Å²) in [5.74, 6) is 0.117. The number of benzene rings is 1. The van der Waals surface area contributed by atoms with Gasteiger partial charge in [-0.1, -0.05) is 0 Å². The van der Waals surface area contributed by atoms with Crippen LogP contribution in [0.3, 0.4) is 0 Å². The highest BCUT2D eigenvalue weighted by Crippen LogP contribution is 2.29. The number of carbonyl (C=O) groups is 1. The fraction of sp³-hybridized carbons (Fsp3) is 0.167. The Morgan fingerprint density at radius 2 is 1.94 bits per heavy atom.